The molecule has 0 aliphatic rings. The van der Waals surface area contributed by atoms with Gasteiger partial charge >= 0.3 is 5.97 Å². The van der Waals surface area contributed by atoms with Crippen LogP contribution in [-0.2, 0) is 11.3 Å². The number of anilines is 2. The number of hydrogen-bond donors (Lipinski definition) is 1. The number of nitrogens with one attached hydrogen (secondary N) is 1. The van der Waals surface area contributed by atoms with Crippen LogP contribution in [0.1, 0.15) is 33.3 Å². The van der Waals surface area contributed by atoms with Crippen molar-refractivity contribution in [2.45, 2.75) is 13.5 Å². The van der Waals surface area contributed by atoms with Gasteiger partial charge in [-0.25, -0.2) is 4.79 Å². The number of amides is 1. The predicted molar refractivity (Wildman–Crippen MR) is 112 cm³/mol. The Labute approximate surface area is 170 Å². The first-order valence-electron chi connectivity index (χ1n) is 9.35. The minimum Gasteiger partial charge on any atom is -0.465 e. The number of carbonyl (C=O) groups is 2. The lowest BCUT2D eigenvalue weighted by atomic mass is 10.2. The molecule has 3 rings (SSSR count). The molecular weight excluding hydrogens is 366 g/mol. The van der Waals surface area contributed by atoms with E-state index in [9.17, 15) is 9.59 Å². The molecule has 1 aromatic heterocycles. The second kappa shape index (κ2) is 9.50. The van der Waals surface area contributed by atoms with Gasteiger partial charge in [0.25, 0.3) is 5.91 Å². The van der Waals surface area contributed by atoms with E-state index in [4.69, 9.17) is 4.74 Å². The largest absolute Gasteiger partial charge is 0.465 e. The Bertz CT molecular complexity index is 972. The average Bonchev–Trinajstić information content (AvgIpc) is 2.78. The van der Waals surface area contributed by atoms with E-state index in [0.29, 0.717) is 24.3 Å². The summed E-state index contributed by atoms with van der Waals surface area (Å²) in [7, 11) is 1.35. The number of aromatic nitrogens is 1. The van der Waals surface area contributed by atoms with Crippen molar-refractivity contribution < 1.29 is 14.3 Å². The third-order valence-corrected chi connectivity index (χ3v) is 4.46. The van der Waals surface area contributed by atoms with Gasteiger partial charge in [0.2, 0.25) is 0 Å². The zero-order valence-corrected chi connectivity index (χ0v) is 16.5. The van der Waals surface area contributed by atoms with E-state index in [1.54, 1.807) is 47.5 Å². The van der Waals surface area contributed by atoms with E-state index in [-0.39, 0.29) is 11.9 Å². The first-order chi connectivity index (χ1) is 14.1. The highest BCUT2D eigenvalue weighted by molar-refractivity contribution is 5.93. The van der Waals surface area contributed by atoms with Gasteiger partial charge in [0, 0.05) is 30.7 Å². The van der Waals surface area contributed by atoms with Crippen LogP contribution in [0.5, 0.6) is 0 Å². The number of nitrogens with zero attached hydrogens (tertiary/aromatic N) is 2. The summed E-state index contributed by atoms with van der Waals surface area (Å²) in [5.41, 5.74) is 3.45. The predicted octanol–water partition coefficient (Wildman–Crippen LogP) is 4.27. The fourth-order valence-electron chi connectivity index (χ4n) is 2.89. The molecule has 6 nitrogen and oxygen atoms in total. The standard InChI is InChI=1S/C23H23N3O3/c1-3-26(16-17-7-5-4-6-8-17)22(27)21-15-20(13-14-24-21)25-19-11-9-18(10-12-19)23(28)29-2/h4-15H,3,16H2,1-2H3,(H,24,25). The van der Waals surface area contributed by atoms with Gasteiger partial charge in [-0.2, -0.15) is 0 Å². The molecule has 2 aromatic carbocycles. The van der Waals surface area contributed by atoms with Crippen molar-refractivity contribution >= 4 is 23.3 Å². The normalized spacial score (nSPS) is 10.3. The Balaban J connectivity index is 1.72. The van der Waals surface area contributed by atoms with Gasteiger partial charge in [0.15, 0.2) is 0 Å². The van der Waals surface area contributed by atoms with Crippen molar-refractivity contribution in [2.75, 3.05) is 19.0 Å². The molecular formula is C23H23N3O3. The molecule has 0 radical (unpaired) electrons. The fourth-order valence-corrected chi connectivity index (χ4v) is 2.89. The molecule has 0 saturated heterocycles. The maximum absolute atomic E-state index is 12.9. The zero-order valence-electron chi connectivity index (χ0n) is 16.5. The molecule has 1 N–H and O–H groups in total. The van der Waals surface area contributed by atoms with Crippen LogP contribution in [0.4, 0.5) is 11.4 Å². The number of ether oxygens (including phenoxy) is 1. The minimum atomic E-state index is -0.383. The van der Waals surface area contributed by atoms with E-state index in [1.165, 1.54) is 7.11 Å². The second-order valence-electron chi connectivity index (χ2n) is 6.43. The SMILES string of the molecule is CCN(Cc1ccccc1)C(=O)c1cc(Nc2ccc(C(=O)OC)cc2)ccn1. The van der Waals surface area contributed by atoms with Gasteiger partial charge in [-0.15, -0.1) is 0 Å². The fraction of sp³-hybridized carbons (Fsp3) is 0.174. The highest BCUT2D eigenvalue weighted by Gasteiger charge is 2.16. The highest BCUT2D eigenvalue weighted by Crippen LogP contribution is 2.19. The van der Waals surface area contributed by atoms with E-state index in [2.05, 4.69) is 10.3 Å². The summed E-state index contributed by atoms with van der Waals surface area (Å²) in [6.07, 6.45) is 1.61. The zero-order chi connectivity index (χ0) is 20.6. The number of esters is 1. The summed E-state index contributed by atoms with van der Waals surface area (Å²) in [6.45, 7) is 3.07. The highest BCUT2D eigenvalue weighted by atomic mass is 16.5. The Kier molecular flexibility index (Phi) is 6.58. The summed E-state index contributed by atoms with van der Waals surface area (Å²) in [5, 5.41) is 3.23. The molecule has 0 bridgehead atoms. The summed E-state index contributed by atoms with van der Waals surface area (Å²) >= 11 is 0. The third-order valence-electron chi connectivity index (χ3n) is 4.46. The van der Waals surface area contributed by atoms with Crippen LogP contribution >= 0.6 is 0 Å². The Morgan fingerprint density at radius 2 is 1.72 bits per heavy atom. The summed E-state index contributed by atoms with van der Waals surface area (Å²) in [4.78, 5) is 30.5. The van der Waals surface area contributed by atoms with Crippen LogP contribution in [0.25, 0.3) is 0 Å². The van der Waals surface area contributed by atoms with Gasteiger partial charge in [0.05, 0.1) is 12.7 Å². The molecule has 148 valence electrons. The number of hydrogen-bond acceptors (Lipinski definition) is 5. The van der Waals surface area contributed by atoms with Crippen LogP contribution < -0.4 is 5.32 Å². The molecule has 29 heavy (non-hydrogen) atoms. The molecule has 0 fully saturated rings. The Hall–Kier alpha value is -3.67. The topological polar surface area (TPSA) is 71.5 Å². The number of carbonyl (C=O) groups excluding carboxylic acids is 2. The number of rotatable bonds is 7. The van der Waals surface area contributed by atoms with E-state index in [0.717, 1.165) is 16.9 Å². The lowest BCUT2D eigenvalue weighted by molar-refractivity contribution is 0.0600. The maximum Gasteiger partial charge on any atom is 0.337 e. The molecule has 0 spiro atoms. The van der Waals surface area contributed by atoms with Gasteiger partial charge < -0.3 is 15.0 Å². The first kappa shape index (κ1) is 20.1. The maximum atomic E-state index is 12.9. The van der Waals surface area contributed by atoms with E-state index >= 15 is 0 Å². The Morgan fingerprint density at radius 3 is 2.38 bits per heavy atom. The minimum absolute atomic E-state index is 0.124. The van der Waals surface area contributed by atoms with Crippen LogP contribution in [0, 0.1) is 0 Å². The lowest BCUT2D eigenvalue weighted by Gasteiger charge is -2.21. The molecule has 1 amide bonds. The molecule has 1 heterocycles. The summed E-state index contributed by atoms with van der Waals surface area (Å²) < 4.78 is 4.70. The second-order valence-corrected chi connectivity index (χ2v) is 6.43. The molecule has 0 aliphatic carbocycles. The van der Waals surface area contributed by atoms with Crippen LogP contribution in [0.3, 0.4) is 0 Å². The number of pyridine rings is 1. The van der Waals surface area contributed by atoms with Gasteiger partial charge in [-0.05, 0) is 48.9 Å². The average molecular weight is 389 g/mol. The molecule has 0 aliphatic heterocycles. The van der Waals surface area contributed by atoms with Gasteiger partial charge in [-0.1, -0.05) is 30.3 Å². The van der Waals surface area contributed by atoms with E-state index in [1.807, 2.05) is 37.3 Å². The number of benzene rings is 2. The molecule has 0 saturated carbocycles. The monoisotopic (exact) mass is 389 g/mol. The molecule has 0 atom stereocenters. The van der Waals surface area contributed by atoms with Crippen molar-refractivity contribution in [2.24, 2.45) is 0 Å². The number of methoxy groups -OCH3 is 1. The van der Waals surface area contributed by atoms with Crippen LogP contribution in [0.2, 0.25) is 0 Å². The van der Waals surface area contributed by atoms with Crippen molar-refractivity contribution in [3.8, 4) is 0 Å². The first-order valence-corrected chi connectivity index (χ1v) is 9.35. The molecule has 0 unspecified atom stereocenters. The van der Waals surface area contributed by atoms with Crippen molar-refractivity contribution in [3.05, 3.63) is 89.7 Å². The Morgan fingerprint density at radius 1 is 1.00 bits per heavy atom. The molecule has 3 aromatic rings. The van der Waals surface area contributed by atoms with Gasteiger partial charge in [-0.3, -0.25) is 9.78 Å². The van der Waals surface area contributed by atoms with E-state index < -0.39 is 0 Å². The summed E-state index contributed by atoms with van der Waals surface area (Å²) in [5.74, 6) is -0.507. The van der Waals surface area contributed by atoms with Crippen molar-refractivity contribution in [1.82, 2.24) is 9.88 Å². The smallest absolute Gasteiger partial charge is 0.337 e. The third kappa shape index (κ3) is 5.19. The quantitative estimate of drug-likeness (QED) is 0.611. The van der Waals surface area contributed by atoms with Crippen molar-refractivity contribution in [1.29, 1.82) is 0 Å². The van der Waals surface area contributed by atoms with Gasteiger partial charge in [0.1, 0.15) is 5.69 Å². The van der Waals surface area contributed by atoms with Crippen LogP contribution in [-0.4, -0.2) is 35.4 Å². The summed E-state index contributed by atoms with van der Waals surface area (Å²) in [6, 6.07) is 20.3. The van der Waals surface area contributed by atoms with Crippen molar-refractivity contribution in [3.63, 3.8) is 0 Å². The lowest BCUT2D eigenvalue weighted by Crippen LogP contribution is -2.31. The molecule has 6 heteroatoms. The van der Waals surface area contributed by atoms with Crippen LogP contribution in [0.15, 0.2) is 72.9 Å².